The predicted molar refractivity (Wildman–Crippen MR) is 129 cm³/mol. The monoisotopic (exact) mass is 477 g/mol. The standard InChI is InChI=1S/C23H19N5O3S2/c29-20(25-26-21(30)16-7-3-1-4-8-16)15-32-23-28-27-22(33-23)24-17-11-13-19(14-12-17)31-18-9-5-2-6-10-18/h1-14H,15H2,(H,24,27)(H,25,29)(H,26,30). The summed E-state index contributed by atoms with van der Waals surface area (Å²) < 4.78 is 6.41. The number of para-hydroxylation sites is 1. The molecule has 8 nitrogen and oxygen atoms in total. The molecule has 1 aromatic heterocycles. The Morgan fingerprint density at radius 1 is 0.818 bits per heavy atom. The third-order valence-electron chi connectivity index (χ3n) is 4.17. The molecule has 2 amide bonds. The van der Waals surface area contributed by atoms with Crippen LogP contribution in [0.25, 0.3) is 0 Å². The van der Waals surface area contributed by atoms with Crippen molar-refractivity contribution in [1.29, 1.82) is 0 Å². The highest BCUT2D eigenvalue weighted by Gasteiger charge is 2.10. The van der Waals surface area contributed by atoms with E-state index in [0.717, 1.165) is 17.2 Å². The van der Waals surface area contributed by atoms with E-state index in [0.29, 0.717) is 15.0 Å². The van der Waals surface area contributed by atoms with Crippen molar-refractivity contribution in [3.63, 3.8) is 0 Å². The van der Waals surface area contributed by atoms with Gasteiger partial charge in [-0.05, 0) is 48.5 Å². The summed E-state index contributed by atoms with van der Waals surface area (Å²) in [6.45, 7) is 0. The third kappa shape index (κ3) is 6.79. The van der Waals surface area contributed by atoms with Crippen LogP contribution in [0.1, 0.15) is 10.4 Å². The van der Waals surface area contributed by atoms with Crippen LogP contribution in [0.2, 0.25) is 0 Å². The number of amides is 2. The third-order valence-corrected chi connectivity index (χ3v) is 6.14. The molecule has 0 radical (unpaired) electrons. The van der Waals surface area contributed by atoms with E-state index in [9.17, 15) is 9.59 Å². The Morgan fingerprint density at radius 3 is 2.21 bits per heavy atom. The molecule has 0 atom stereocenters. The molecule has 0 spiro atoms. The SMILES string of the molecule is O=C(CSc1nnc(Nc2ccc(Oc3ccccc3)cc2)s1)NNC(=O)c1ccccc1. The summed E-state index contributed by atoms with van der Waals surface area (Å²) in [7, 11) is 0. The number of aromatic nitrogens is 2. The fourth-order valence-electron chi connectivity index (χ4n) is 2.62. The van der Waals surface area contributed by atoms with Crippen molar-refractivity contribution in [1.82, 2.24) is 21.0 Å². The van der Waals surface area contributed by atoms with E-state index >= 15 is 0 Å². The summed E-state index contributed by atoms with van der Waals surface area (Å²) in [5.74, 6) is 0.868. The van der Waals surface area contributed by atoms with Crippen LogP contribution in [-0.4, -0.2) is 27.8 Å². The lowest BCUT2D eigenvalue weighted by molar-refractivity contribution is -0.119. The highest BCUT2D eigenvalue weighted by molar-refractivity contribution is 8.01. The van der Waals surface area contributed by atoms with Gasteiger partial charge in [-0.15, -0.1) is 10.2 Å². The van der Waals surface area contributed by atoms with Crippen LogP contribution in [0.3, 0.4) is 0 Å². The molecule has 0 aliphatic heterocycles. The number of hydrogen-bond donors (Lipinski definition) is 3. The van der Waals surface area contributed by atoms with Gasteiger partial charge in [0.15, 0.2) is 4.34 Å². The van der Waals surface area contributed by atoms with E-state index in [-0.39, 0.29) is 17.6 Å². The first-order valence-corrected chi connectivity index (χ1v) is 11.7. The van der Waals surface area contributed by atoms with Gasteiger partial charge >= 0.3 is 0 Å². The smallest absolute Gasteiger partial charge is 0.269 e. The number of nitrogens with one attached hydrogen (secondary N) is 3. The van der Waals surface area contributed by atoms with Crippen molar-refractivity contribution >= 4 is 45.7 Å². The Morgan fingerprint density at radius 2 is 1.48 bits per heavy atom. The molecule has 0 saturated heterocycles. The van der Waals surface area contributed by atoms with E-state index in [1.807, 2.05) is 60.7 Å². The zero-order valence-electron chi connectivity index (χ0n) is 17.2. The number of benzene rings is 3. The molecule has 3 N–H and O–H groups in total. The van der Waals surface area contributed by atoms with E-state index in [2.05, 4.69) is 26.4 Å². The maximum atomic E-state index is 12.0. The molecule has 0 fully saturated rings. The molecular formula is C23H19N5O3S2. The Labute approximate surface area is 198 Å². The number of thioether (sulfide) groups is 1. The van der Waals surface area contributed by atoms with Crippen LogP contribution in [0.4, 0.5) is 10.8 Å². The number of hydrazine groups is 1. The average molecular weight is 478 g/mol. The minimum Gasteiger partial charge on any atom is -0.457 e. The predicted octanol–water partition coefficient (Wildman–Crippen LogP) is 4.63. The molecule has 0 aliphatic carbocycles. The highest BCUT2D eigenvalue weighted by atomic mass is 32.2. The van der Waals surface area contributed by atoms with Crippen molar-refractivity contribution in [2.24, 2.45) is 0 Å². The van der Waals surface area contributed by atoms with Crippen molar-refractivity contribution in [2.45, 2.75) is 4.34 Å². The van der Waals surface area contributed by atoms with Crippen LogP contribution >= 0.6 is 23.1 Å². The number of nitrogens with zero attached hydrogens (tertiary/aromatic N) is 2. The van der Waals surface area contributed by atoms with Gasteiger partial charge in [0.25, 0.3) is 5.91 Å². The topological polar surface area (TPSA) is 105 Å². The largest absolute Gasteiger partial charge is 0.457 e. The summed E-state index contributed by atoms with van der Waals surface area (Å²) in [5.41, 5.74) is 6.08. The number of anilines is 2. The summed E-state index contributed by atoms with van der Waals surface area (Å²) in [6.07, 6.45) is 0. The van der Waals surface area contributed by atoms with Crippen LogP contribution in [-0.2, 0) is 4.79 Å². The molecular weight excluding hydrogens is 458 g/mol. The molecule has 4 aromatic rings. The highest BCUT2D eigenvalue weighted by Crippen LogP contribution is 2.29. The fourth-order valence-corrected chi connectivity index (χ4v) is 4.20. The Hall–Kier alpha value is -3.89. The van der Waals surface area contributed by atoms with E-state index in [1.54, 1.807) is 24.3 Å². The van der Waals surface area contributed by atoms with Crippen molar-refractivity contribution in [3.05, 3.63) is 90.5 Å². The second-order valence-electron chi connectivity index (χ2n) is 6.59. The van der Waals surface area contributed by atoms with Gasteiger partial charge in [-0.2, -0.15) is 0 Å². The van der Waals surface area contributed by atoms with Crippen molar-refractivity contribution in [3.8, 4) is 11.5 Å². The van der Waals surface area contributed by atoms with Gasteiger partial charge in [0.1, 0.15) is 11.5 Å². The Kier molecular flexibility index (Phi) is 7.52. The van der Waals surface area contributed by atoms with Gasteiger partial charge in [0.05, 0.1) is 5.75 Å². The fraction of sp³-hybridized carbons (Fsp3) is 0.0435. The molecule has 10 heteroatoms. The summed E-state index contributed by atoms with van der Waals surface area (Å²) >= 11 is 2.56. The van der Waals surface area contributed by atoms with Gasteiger partial charge in [0, 0.05) is 11.3 Å². The van der Waals surface area contributed by atoms with Gasteiger partial charge in [-0.1, -0.05) is 59.5 Å². The van der Waals surface area contributed by atoms with Crippen molar-refractivity contribution < 1.29 is 14.3 Å². The maximum absolute atomic E-state index is 12.0. The van der Waals surface area contributed by atoms with Crippen LogP contribution in [0, 0.1) is 0 Å². The van der Waals surface area contributed by atoms with Gasteiger partial charge in [-0.3, -0.25) is 20.4 Å². The number of rotatable bonds is 8. The van der Waals surface area contributed by atoms with Gasteiger partial charge in [0.2, 0.25) is 11.0 Å². The summed E-state index contributed by atoms with van der Waals surface area (Å²) in [6, 6.07) is 25.7. The van der Waals surface area contributed by atoms with Gasteiger partial charge < -0.3 is 10.1 Å². The maximum Gasteiger partial charge on any atom is 0.269 e. The lowest BCUT2D eigenvalue weighted by Gasteiger charge is -2.07. The first kappa shape index (κ1) is 22.3. The molecule has 4 rings (SSSR count). The average Bonchev–Trinajstić information content (AvgIpc) is 3.31. The minimum absolute atomic E-state index is 0.0925. The summed E-state index contributed by atoms with van der Waals surface area (Å²) in [5, 5.41) is 12.0. The molecule has 33 heavy (non-hydrogen) atoms. The molecule has 0 aliphatic rings. The molecule has 166 valence electrons. The van der Waals surface area contributed by atoms with E-state index in [4.69, 9.17) is 4.74 Å². The van der Waals surface area contributed by atoms with Crippen LogP contribution < -0.4 is 20.9 Å². The molecule has 0 bridgehead atoms. The van der Waals surface area contributed by atoms with Crippen LogP contribution in [0.5, 0.6) is 11.5 Å². The molecule has 3 aromatic carbocycles. The number of ether oxygens (including phenoxy) is 1. The molecule has 1 heterocycles. The molecule has 0 saturated carbocycles. The van der Waals surface area contributed by atoms with Crippen LogP contribution in [0.15, 0.2) is 89.3 Å². The number of carbonyl (C=O) groups is 2. The lowest BCUT2D eigenvalue weighted by Crippen LogP contribution is -2.42. The zero-order valence-corrected chi connectivity index (χ0v) is 18.9. The Balaban J connectivity index is 1.22. The Bertz CT molecular complexity index is 1200. The quantitative estimate of drug-likeness (QED) is 0.251. The summed E-state index contributed by atoms with van der Waals surface area (Å²) in [4.78, 5) is 23.9. The molecule has 0 unspecified atom stereocenters. The zero-order chi connectivity index (χ0) is 22.9. The minimum atomic E-state index is -0.378. The number of hydrogen-bond acceptors (Lipinski definition) is 8. The van der Waals surface area contributed by atoms with Gasteiger partial charge in [-0.25, -0.2) is 0 Å². The second-order valence-corrected chi connectivity index (χ2v) is 8.79. The second kappa shape index (κ2) is 11.1. The first-order valence-electron chi connectivity index (χ1n) is 9.86. The van der Waals surface area contributed by atoms with Crippen molar-refractivity contribution in [2.75, 3.05) is 11.1 Å². The van der Waals surface area contributed by atoms with E-state index < -0.39 is 0 Å². The van der Waals surface area contributed by atoms with E-state index in [1.165, 1.54) is 23.1 Å². The first-order chi connectivity index (χ1) is 16.2. The normalized spacial score (nSPS) is 10.3. The number of carbonyl (C=O) groups excluding carboxylic acids is 2. The lowest BCUT2D eigenvalue weighted by atomic mass is 10.2.